The fourth-order valence-corrected chi connectivity index (χ4v) is 2.22. The van der Waals surface area contributed by atoms with E-state index in [1.54, 1.807) is 22.9 Å². The van der Waals surface area contributed by atoms with Gasteiger partial charge >= 0.3 is 0 Å². The lowest BCUT2D eigenvalue weighted by molar-refractivity contribution is 0.0911. The standard InChI is InChI=1S/C16H20ClN3O2/c1-10(9-21)12(3)18-16(22)15-7-11(2)20(19-15)14-6-4-5-13(17)8-14/h4-8,10,12,21H,9H2,1-3H3,(H,18,22). The third-order valence-electron chi connectivity index (χ3n) is 3.67. The summed E-state index contributed by atoms with van der Waals surface area (Å²) in [5.41, 5.74) is 1.99. The zero-order chi connectivity index (χ0) is 16.3. The molecule has 6 heteroatoms. The molecule has 2 rings (SSSR count). The number of halogens is 1. The number of amides is 1. The van der Waals surface area contributed by atoms with E-state index in [0.29, 0.717) is 10.7 Å². The van der Waals surface area contributed by atoms with Crippen molar-refractivity contribution in [1.29, 1.82) is 0 Å². The summed E-state index contributed by atoms with van der Waals surface area (Å²) >= 11 is 5.99. The molecule has 1 amide bonds. The quantitative estimate of drug-likeness (QED) is 0.889. The van der Waals surface area contributed by atoms with E-state index in [9.17, 15) is 4.79 Å². The van der Waals surface area contributed by atoms with Gasteiger partial charge in [0.25, 0.3) is 5.91 Å². The first-order chi connectivity index (χ1) is 10.4. The molecule has 2 N–H and O–H groups in total. The summed E-state index contributed by atoms with van der Waals surface area (Å²) < 4.78 is 1.68. The molecule has 0 spiro atoms. The molecule has 22 heavy (non-hydrogen) atoms. The van der Waals surface area contributed by atoms with Gasteiger partial charge in [-0.2, -0.15) is 5.10 Å². The Morgan fingerprint density at radius 1 is 1.41 bits per heavy atom. The monoisotopic (exact) mass is 321 g/mol. The van der Waals surface area contributed by atoms with Gasteiger partial charge in [-0.05, 0) is 44.0 Å². The number of carbonyl (C=O) groups is 1. The zero-order valence-corrected chi connectivity index (χ0v) is 13.6. The van der Waals surface area contributed by atoms with Crippen LogP contribution in [0.1, 0.15) is 30.0 Å². The van der Waals surface area contributed by atoms with Gasteiger partial charge < -0.3 is 10.4 Å². The van der Waals surface area contributed by atoms with Crippen LogP contribution in [0.25, 0.3) is 5.69 Å². The first-order valence-electron chi connectivity index (χ1n) is 7.16. The number of carbonyl (C=O) groups excluding carboxylic acids is 1. The molecule has 1 aromatic heterocycles. The average Bonchev–Trinajstić information content (AvgIpc) is 2.88. The Hall–Kier alpha value is -1.85. The molecule has 118 valence electrons. The molecule has 1 heterocycles. The zero-order valence-electron chi connectivity index (χ0n) is 12.9. The first kappa shape index (κ1) is 16.5. The molecule has 0 aliphatic carbocycles. The molecule has 0 saturated carbocycles. The van der Waals surface area contributed by atoms with Crippen molar-refractivity contribution in [3.8, 4) is 5.69 Å². The van der Waals surface area contributed by atoms with Gasteiger partial charge in [0.15, 0.2) is 5.69 Å². The van der Waals surface area contributed by atoms with Crippen LogP contribution in [0.3, 0.4) is 0 Å². The minimum absolute atomic E-state index is 0.0138. The Morgan fingerprint density at radius 2 is 2.14 bits per heavy atom. The summed E-state index contributed by atoms with van der Waals surface area (Å²) in [6.45, 7) is 5.64. The van der Waals surface area contributed by atoms with Crippen molar-refractivity contribution in [3.05, 3.63) is 46.7 Å². The summed E-state index contributed by atoms with van der Waals surface area (Å²) in [6.07, 6.45) is 0. The number of aliphatic hydroxyl groups is 1. The second kappa shape index (κ2) is 6.94. The third kappa shape index (κ3) is 3.67. The lowest BCUT2D eigenvalue weighted by Gasteiger charge is -2.18. The van der Waals surface area contributed by atoms with E-state index in [1.807, 2.05) is 32.9 Å². The molecule has 2 atom stereocenters. The molecule has 0 saturated heterocycles. The van der Waals surface area contributed by atoms with Crippen LogP contribution >= 0.6 is 11.6 Å². The van der Waals surface area contributed by atoms with Crippen molar-refractivity contribution < 1.29 is 9.90 Å². The Balaban J connectivity index is 2.21. The van der Waals surface area contributed by atoms with Crippen LogP contribution in [0.4, 0.5) is 0 Å². The van der Waals surface area contributed by atoms with Crippen LogP contribution in [-0.4, -0.2) is 33.4 Å². The molecule has 2 unspecified atom stereocenters. The van der Waals surface area contributed by atoms with Crippen LogP contribution in [0, 0.1) is 12.8 Å². The van der Waals surface area contributed by atoms with E-state index < -0.39 is 0 Å². The molecule has 0 radical (unpaired) electrons. The number of hydrogen-bond acceptors (Lipinski definition) is 3. The molecular formula is C16H20ClN3O2. The molecule has 0 aliphatic rings. The number of aryl methyl sites for hydroxylation is 1. The van der Waals surface area contributed by atoms with E-state index in [2.05, 4.69) is 10.4 Å². The van der Waals surface area contributed by atoms with Crippen molar-refractivity contribution in [1.82, 2.24) is 15.1 Å². The fourth-order valence-electron chi connectivity index (χ4n) is 2.04. The molecule has 1 aromatic carbocycles. The van der Waals surface area contributed by atoms with E-state index in [-0.39, 0.29) is 24.5 Å². The summed E-state index contributed by atoms with van der Waals surface area (Å²) in [7, 11) is 0. The average molecular weight is 322 g/mol. The highest BCUT2D eigenvalue weighted by Crippen LogP contribution is 2.17. The van der Waals surface area contributed by atoms with Gasteiger partial charge in [0.2, 0.25) is 0 Å². The summed E-state index contributed by atoms with van der Waals surface area (Å²) in [5, 5.41) is 16.9. The van der Waals surface area contributed by atoms with E-state index in [4.69, 9.17) is 16.7 Å². The Labute approximate surface area is 134 Å². The topological polar surface area (TPSA) is 67.2 Å². The summed E-state index contributed by atoms with van der Waals surface area (Å²) in [6, 6.07) is 8.89. The van der Waals surface area contributed by atoms with Crippen LogP contribution in [0.15, 0.2) is 30.3 Å². The van der Waals surface area contributed by atoms with Crippen molar-refractivity contribution in [3.63, 3.8) is 0 Å². The first-order valence-corrected chi connectivity index (χ1v) is 7.54. The maximum absolute atomic E-state index is 12.2. The van der Waals surface area contributed by atoms with Crippen molar-refractivity contribution in [2.75, 3.05) is 6.61 Å². The molecule has 5 nitrogen and oxygen atoms in total. The predicted octanol–water partition coefficient (Wildman–Crippen LogP) is 2.58. The highest BCUT2D eigenvalue weighted by atomic mass is 35.5. The normalized spacial score (nSPS) is 13.7. The van der Waals surface area contributed by atoms with E-state index in [1.165, 1.54) is 0 Å². The number of rotatable bonds is 5. The number of hydrogen-bond donors (Lipinski definition) is 2. The molecule has 0 bridgehead atoms. The summed E-state index contributed by atoms with van der Waals surface area (Å²) in [4.78, 5) is 12.2. The van der Waals surface area contributed by atoms with Crippen LogP contribution in [-0.2, 0) is 0 Å². The maximum Gasteiger partial charge on any atom is 0.272 e. The van der Waals surface area contributed by atoms with Gasteiger partial charge in [0.05, 0.1) is 5.69 Å². The second-order valence-corrected chi connectivity index (χ2v) is 5.92. The number of aromatic nitrogens is 2. The minimum Gasteiger partial charge on any atom is -0.396 e. The molecule has 0 fully saturated rings. The third-order valence-corrected chi connectivity index (χ3v) is 3.91. The van der Waals surface area contributed by atoms with Crippen LogP contribution < -0.4 is 5.32 Å². The second-order valence-electron chi connectivity index (χ2n) is 5.48. The number of benzene rings is 1. The van der Waals surface area contributed by atoms with Gasteiger partial charge in [0.1, 0.15) is 0 Å². The fraction of sp³-hybridized carbons (Fsp3) is 0.375. The molecule has 0 aliphatic heterocycles. The van der Waals surface area contributed by atoms with Crippen LogP contribution in [0.5, 0.6) is 0 Å². The smallest absolute Gasteiger partial charge is 0.272 e. The number of aliphatic hydroxyl groups excluding tert-OH is 1. The van der Waals surface area contributed by atoms with E-state index >= 15 is 0 Å². The number of nitrogens with zero attached hydrogens (tertiary/aromatic N) is 2. The maximum atomic E-state index is 12.2. The Bertz CT molecular complexity index is 669. The van der Waals surface area contributed by atoms with E-state index in [0.717, 1.165) is 11.4 Å². The van der Waals surface area contributed by atoms with Gasteiger partial charge in [-0.25, -0.2) is 4.68 Å². The molecule has 2 aromatic rings. The highest BCUT2D eigenvalue weighted by molar-refractivity contribution is 6.30. The highest BCUT2D eigenvalue weighted by Gasteiger charge is 2.18. The lowest BCUT2D eigenvalue weighted by atomic mass is 10.1. The van der Waals surface area contributed by atoms with Crippen molar-refractivity contribution in [2.24, 2.45) is 5.92 Å². The van der Waals surface area contributed by atoms with Crippen LogP contribution in [0.2, 0.25) is 5.02 Å². The predicted molar refractivity (Wildman–Crippen MR) is 86.5 cm³/mol. The minimum atomic E-state index is -0.253. The van der Waals surface area contributed by atoms with Crippen molar-refractivity contribution >= 4 is 17.5 Å². The lowest BCUT2D eigenvalue weighted by Crippen LogP contribution is -2.38. The largest absolute Gasteiger partial charge is 0.396 e. The SMILES string of the molecule is Cc1cc(C(=O)NC(C)C(C)CO)nn1-c1cccc(Cl)c1. The molecular weight excluding hydrogens is 302 g/mol. The van der Waals surface area contributed by atoms with Crippen molar-refractivity contribution in [2.45, 2.75) is 26.8 Å². The number of nitrogens with one attached hydrogen (secondary N) is 1. The summed E-state index contributed by atoms with van der Waals surface area (Å²) in [5.74, 6) is -0.267. The Kier molecular flexibility index (Phi) is 5.21. The van der Waals surface area contributed by atoms with Gasteiger partial charge in [-0.15, -0.1) is 0 Å². The van der Waals surface area contributed by atoms with Gasteiger partial charge in [-0.1, -0.05) is 24.6 Å². The Morgan fingerprint density at radius 3 is 2.77 bits per heavy atom. The van der Waals surface area contributed by atoms with Gasteiger partial charge in [-0.3, -0.25) is 4.79 Å². The van der Waals surface area contributed by atoms with Gasteiger partial charge in [0, 0.05) is 23.4 Å².